The molecule has 4 nitrogen and oxygen atoms in total. The van der Waals surface area contributed by atoms with Crippen LogP contribution in [-0.4, -0.2) is 30.4 Å². The first kappa shape index (κ1) is 11.7. The third-order valence-electron chi connectivity index (χ3n) is 1.59. The molecule has 0 aromatic rings. The first-order valence-corrected chi connectivity index (χ1v) is 4.18. The molecule has 0 N–H and O–H groups in total. The number of carbonyl (C=O) groups is 2. The summed E-state index contributed by atoms with van der Waals surface area (Å²) in [5, 5.41) is 0. The molecule has 0 saturated carbocycles. The van der Waals surface area contributed by atoms with Crippen LogP contribution in [0.2, 0.25) is 0 Å². The summed E-state index contributed by atoms with van der Waals surface area (Å²) >= 11 is 0. The van der Waals surface area contributed by atoms with Crippen LogP contribution >= 0.6 is 0 Å². The Hall–Kier alpha value is -1.32. The summed E-state index contributed by atoms with van der Waals surface area (Å²) in [6.45, 7) is 5.62. The number of rotatable bonds is 4. The van der Waals surface area contributed by atoms with E-state index in [2.05, 4.69) is 0 Å². The maximum atomic E-state index is 11.2. The Kier molecular flexibility index (Phi) is 5.59. The molecule has 0 spiro atoms. The minimum Gasteiger partial charge on any atom is -0.449 e. The normalized spacial score (nSPS) is 10.8. The van der Waals surface area contributed by atoms with Crippen LogP contribution in [0, 0.1) is 0 Å². The van der Waals surface area contributed by atoms with Crippen molar-refractivity contribution >= 4 is 12.4 Å². The van der Waals surface area contributed by atoms with Crippen molar-refractivity contribution < 1.29 is 14.3 Å². The predicted octanol–water partition coefficient (Wildman–Crippen LogP) is 1.57. The van der Waals surface area contributed by atoms with Crippen LogP contribution in [0.4, 0.5) is 4.79 Å². The van der Waals surface area contributed by atoms with Gasteiger partial charge in [0, 0.05) is 5.70 Å². The zero-order valence-corrected chi connectivity index (χ0v) is 8.24. The van der Waals surface area contributed by atoms with Crippen molar-refractivity contribution in [3.05, 3.63) is 11.8 Å². The van der Waals surface area contributed by atoms with Crippen LogP contribution in [0.1, 0.15) is 20.8 Å². The highest BCUT2D eigenvalue weighted by molar-refractivity contribution is 5.73. The fraction of sp³-hybridized carbons (Fsp3) is 0.556. The lowest BCUT2D eigenvalue weighted by atomic mass is 10.4. The van der Waals surface area contributed by atoms with Gasteiger partial charge in [-0.25, -0.2) is 4.79 Å². The SMILES string of the molecule is CC=C(C)N(CC=O)C(=O)OCC. The van der Waals surface area contributed by atoms with Gasteiger partial charge in [0.2, 0.25) is 0 Å². The van der Waals surface area contributed by atoms with E-state index >= 15 is 0 Å². The van der Waals surface area contributed by atoms with Gasteiger partial charge in [-0.3, -0.25) is 4.90 Å². The van der Waals surface area contributed by atoms with Gasteiger partial charge in [0.15, 0.2) is 0 Å². The molecule has 74 valence electrons. The van der Waals surface area contributed by atoms with Crippen LogP contribution < -0.4 is 0 Å². The summed E-state index contributed by atoms with van der Waals surface area (Å²) < 4.78 is 4.77. The fourth-order valence-corrected chi connectivity index (χ4v) is 0.794. The molecule has 0 aliphatic carbocycles. The largest absolute Gasteiger partial charge is 0.449 e. The zero-order valence-electron chi connectivity index (χ0n) is 8.24. The number of aldehydes is 1. The lowest BCUT2D eigenvalue weighted by Gasteiger charge is -2.19. The number of hydrogen-bond donors (Lipinski definition) is 0. The van der Waals surface area contributed by atoms with E-state index in [-0.39, 0.29) is 6.54 Å². The summed E-state index contributed by atoms with van der Waals surface area (Å²) in [6.07, 6.45) is 1.94. The van der Waals surface area contributed by atoms with Crippen LogP contribution in [0.15, 0.2) is 11.8 Å². The summed E-state index contributed by atoms with van der Waals surface area (Å²) in [6, 6.07) is 0. The van der Waals surface area contributed by atoms with Crippen molar-refractivity contribution in [3.8, 4) is 0 Å². The van der Waals surface area contributed by atoms with Crippen molar-refractivity contribution in [2.75, 3.05) is 13.2 Å². The van der Waals surface area contributed by atoms with Gasteiger partial charge >= 0.3 is 6.09 Å². The highest BCUT2D eigenvalue weighted by Crippen LogP contribution is 2.04. The Balaban J connectivity index is 4.40. The van der Waals surface area contributed by atoms with E-state index in [4.69, 9.17) is 4.74 Å². The molecule has 4 heteroatoms. The molecule has 0 aromatic heterocycles. The second kappa shape index (κ2) is 6.22. The molecule has 0 saturated heterocycles. The highest BCUT2D eigenvalue weighted by Gasteiger charge is 2.14. The lowest BCUT2D eigenvalue weighted by molar-refractivity contribution is -0.108. The Morgan fingerprint density at radius 1 is 1.54 bits per heavy atom. The molecule has 0 unspecified atom stereocenters. The topological polar surface area (TPSA) is 46.6 Å². The fourth-order valence-electron chi connectivity index (χ4n) is 0.794. The van der Waals surface area contributed by atoms with Crippen molar-refractivity contribution in [1.29, 1.82) is 0 Å². The number of allylic oxidation sites excluding steroid dienone is 2. The second-order valence-corrected chi connectivity index (χ2v) is 2.41. The van der Waals surface area contributed by atoms with Crippen molar-refractivity contribution in [1.82, 2.24) is 4.90 Å². The number of amides is 1. The van der Waals surface area contributed by atoms with Gasteiger partial charge in [-0.1, -0.05) is 6.08 Å². The Bertz CT molecular complexity index is 211. The average molecular weight is 185 g/mol. The van der Waals surface area contributed by atoms with Gasteiger partial charge in [-0.05, 0) is 20.8 Å². The molecule has 0 aliphatic heterocycles. The minimum atomic E-state index is -0.481. The van der Waals surface area contributed by atoms with Gasteiger partial charge in [-0.15, -0.1) is 0 Å². The van der Waals surface area contributed by atoms with E-state index in [1.54, 1.807) is 26.8 Å². The second-order valence-electron chi connectivity index (χ2n) is 2.41. The molecule has 0 fully saturated rings. The van der Waals surface area contributed by atoms with Gasteiger partial charge in [0.05, 0.1) is 13.2 Å². The average Bonchev–Trinajstić information content (AvgIpc) is 2.13. The van der Waals surface area contributed by atoms with Crippen LogP contribution in [0.3, 0.4) is 0 Å². The van der Waals surface area contributed by atoms with E-state index in [1.807, 2.05) is 0 Å². The van der Waals surface area contributed by atoms with Crippen LogP contribution in [0.5, 0.6) is 0 Å². The monoisotopic (exact) mass is 185 g/mol. The van der Waals surface area contributed by atoms with Crippen molar-refractivity contribution in [2.24, 2.45) is 0 Å². The summed E-state index contributed by atoms with van der Waals surface area (Å²) in [5.74, 6) is 0. The molecule has 0 atom stereocenters. The number of carbonyl (C=O) groups excluding carboxylic acids is 2. The number of hydrogen-bond acceptors (Lipinski definition) is 3. The van der Waals surface area contributed by atoms with E-state index in [1.165, 1.54) is 4.90 Å². The molecule has 0 aromatic carbocycles. The lowest BCUT2D eigenvalue weighted by Crippen LogP contribution is -2.31. The van der Waals surface area contributed by atoms with Gasteiger partial charge in [0.1, 0.15) is 6.29 Å². The quantitative estimate of drug-likeness (QED) is 0.624. The third-order valence-corrected chi connectivity index (χ3v) is 1.59. The maximum Gasteiger partial charge on any atom is 0.414 e. The zero-order chi connectivity index (χ0) is 10.3. The van der Waals surface area contributed by atoms with E-state index < -0.39 is 6.09 Å². The predicted molar refractivity (Wildman–Crippen MR) is 49.2 cm³/mol. The highest BCUT2D eigenvalue weighted by atomic mass is 16.6. The molecular weight excluding hydrogens is 170 g/mol. The first-order valence-electron chi connectivity index (χ1n) is 4.18. The number of ether oxygens (including phenoxy) is 1. The van der Waals surface area contributed by atoms with Gasteiger partial charge in [-0.2, -0.15) is 0 Å². The van der Waals surface area contributed by atoms with E-state index in [0.717, 1.165) is 0 Å². The smallest absolute Gasteiger partial charge is 0.414 e. The Morgan fingerprint density at radius 2 is 2.15 bits per heavy atom. The van der Waals surface area contributed by atoms with Crippen molar-refractivity contribution in [2.45, 2.75) is 20.8 Å². The molecular formula is C9H15NO3. The van der Waals surface area contributed by atoms with Gasteiger partial charge < -0.3 is 9.53 Å². The Labute approximate surface area is 78.2 Å². The molecule has 0 aliphatic rings. The molecule has 13 heavy (non-hydrogen) atoms. The molecule has 0 bridgehead atoms. The third kappa shape index (κ3) is 3.73. The van der Waals surface area contributed by atoms with E-state index in [9.17, 15) is 9.59 Å². The summed E-state index contributed by atoms with van der Waals surface area (Å²) in [7, 11) is 0. The number of nitrogens with zero attached hydrogens (tertiary/aromatic N) is 1. The van der Waals surface area contributed by atoms with Crippen molar-refractivity contribution in [3.63, 3.8) is 0 Å². The Morgan fingerprint density at radius 3 is 2.54 bits per heavy atom. The van der Waals surface area contributed by atoms with Crippen LogP contribution in [-0.2, 0) is 9.53 Å². The summed E-state index contributed by atoms with van der Waals surface area (Å²) in [5.41, 5.74) is 0.713. The summed E-state index contributed by atoms with van der Waals surface area (Å²) in [4.78, 5) is 22.8. The molecule has 0 heterocycles. The standard InChI is InChI=1S/C9H15NO3/c1-4-8(3)10(6-7-11)9(12)13-5-2/h4,7H,5-6H2,1-3H3. The molecule has 0 radical (unpaired) electrons. The van der Waals surface area contributed by atoms with Crippen LogP contribution in [0.25, 0.3) is 0 Å². The van der Waals surface area contributed by atoms with Gasteiger partial charge in [0.25, 0.3) is 0 Å². The maximum absolute atomic E-state index is 11.2. The van der Waals surface area contributed by atoms with E-state index in [0.29, 0.717) is 18.6 Å². The first-order chi connectivity index (χ1) is 6.17. The molecule has 1 amide bonds. The molecule has 0 rings (SSSR count). The minimum absolute atomic E-state index is 0.0367.